The van der Waals surface area contributed by atoms with Crippen molar-refractivity contribution in [3.05, 3.63) is 77.8 Å². The molecule has 1 heterocycles. The van der Waals surface area contributed by atoms with E-state index < -0.39 is 29.6 Å². The molecule has 8 heteroatoms. The smallest absolute Gasteiger partial charge is 0.307 e. The number of nitrogens with zero attached hydrogens (tertiary/aromatic N) is 1. The number of amides is 1. The standard InChI is InChI=1S/C23H22F2N2O4/c1-14(16-6-4-3-5-7-16)27-23(29)15(2)30-22(28)11-10-21-26-13-20(31-21)18-9-8-17(24)12-19(18)25/h3-9,12-15H,10-11H2,1-2H3,(H,27,29). The molecule has 1 N–H and O–H groups in total. The van der Waals surface area contributed by atoms with Gasteiger partial charge in [-0.25, -0.2) is 13.8 Å². The number of aromatic nitrogens is 1. The van der Waals surface area contributed by atoms with E-state index in [1.165, 1.54) is 19.2 Å². The molecule has 0 spiro atoms. The van der Waals surface area contributed by atoms with E-state index in [0.29, 0.717) is 0 Å². The Labute approximate surface area is 178 Å². The topological polar surface area (TPSA) is 81.4 Å². The summed E-state index contributed by atoms with van der Waals surface area (Å²) in [6, 6.07) is 12.3. The number of nitrogens with one attached hydrogen (secondary N) is 1. The van der Waals surface area contributed by atoms with E-state index in [1.54, 1.807) is 0 Å². The van der Waals surface area contributed by atoms with E-state index >= 15 is 0 Å². The quantitative estimate of drug-likeness (QED) is 0.539. The molecular formula is C23H22F2N2O4. The number of aryl methyl sites for hydroxylation is 1. The predicted octanol–water partition coefficient (Wildman–Crippen LogP) is 4.36. The summed E-state index contributed by atoms with van der Waals surface area (Å²) in [5.41, 5.74) is 1.01. The minimum Gasteiger partial charge on any atom is -0.453 e. The average Bonchev–Trinajstić information content (AvgIpc) is 3.21. The summed E-state index contributed by atoms with van der Waals surface area (Å²) < 4.78 is 37.5. The van der Waals surface area contributed by atoms with Crippen LogP contribution in [0.4, 0.5) is 8.78 Å². The number of carbonyl (C=O) groups excluding carboxylic acids is 2. The third-order valence-corrected chi connectivity index (χ3v) is 4.63. The second kappa shape index (κ2) is 9.97. The largest absolute Gasteiger partial charge is 0.453 e. The van der Waals surface area contributed by atoms with Crippen molar-refractivity contribution in [3.63, 3.8) is 0 Å². The van der Waals surface area contributed by atoms with Crippen molar-refractivity contribution in [1.82, 2.24) is 10.3 Å². The van der Waals surface area contributed by atoms with Crippen molar-refractivity contribution in [1.29, 1.82) is 0 Å². The van der Waals surface area contributed by atoms with Gasteiger partial charge >= 0.3 is 5.97 Å². The first-order chi connectivity index (χ1) is 14.8. The minimum absolute atomic E-state index is 0.0700. The zero-order valence-electron chi connectivity index (χ0n) is 17.1. The maximum absolute atomic E-state index is 13.8. The van der Waals surface area contributed by atoms with Gasteiger partial charge in [0.05, 0.1) is 24.2 Å². The van der Waals surface area contributed by atoms with E-state index in [9.17, 15) is 18.4 Å². The van der Waals surface area contributed by atoms with Gasteiger partial charge in [-0.3, -0.25) is 9.59 Å². The number of benzene rings is 2. The fourth-order valence-electron chi connectivity index (χ4n) is 2.91. The molecule has 2 aromatic carbocycles. The van der Waals surface area contributed by atoms with E-state index in [0.717, 1.165) is 17.7 Å². The molecule has 1 aromatic heterocycles. The lowest BCUT2D eigenvalue weighted by Crippen LogP contribution is -2.37. The maximum Gasteiger partial charge on any atom is 0.307 e. The summed E-state index contributed by atoms with van der Waals surface area (Å²) in [5.74, 6) is -2.14. The summed E-state index contributed by atoms with van der Waals surface area (Å²) in [4.78, 5) is 28.4. The van der Waals surface area contributed by atoms with Gasteiger partial charge in [0.1, 0.15) is 11.6 Å². The van der Waals surface area contributed by atoms with Crippen molar-refractivity contribution in [2.75, 3.05) is 0 Å². The Morgan fingerprint density at radius 2 is 1.87 bits per heavy atom. The molecule has 0 saturated carbocycles. The highest BCUT2D eigenvalue weighted by atomic mass is 19.1. The van der Waals surface area contributed by atoms with Crippen molar-refractivity contribution in [3.8, 4) is 11.3 Å². The third-order valence-electron chi connectivity index (χ3n) is 4.63. The van der Waals surface area contributed by atoms with Gasteiger partial charge in [0, 0.05) is 12.5 Å². The number of carbonyl (C=O) groups is 2. The summed E-state index contributed by atoms with van der Waals surface area (Å²) in [5, 5.41) is 2.80. The Hall–Kier alpha value is -3.55. The molecule has 0 aliphatic heterocycles. The number of hydrogen-bond acceptors (Lipinski definition) is 5. The Morgan fingerprint density at radius 3 is 2.58 bits per heavy atom. The molecule has 1 amide bonds. The van der Waals surface area contributed by atoms with Crippen molar-refractivity contribution in [2.45, 2.75) is 38.8 Å². The van der Waals surface area contributed by atoms with Crippen LogP contribution < -0.4 is 5.32 Å². The zero-order valence-corrected chi connectivity index (χ0v) is 17.1. The highest BCUT2D eigenvalue weighted by molar-refractivity contribution is 5.83. The van der Waals surface area contributed by atoms with E-state index in [-0.39, 0.29) is 36.1 Å². The fourth-order valence-corrected chi connectivity index (χ4v) is 2.91. The molecule has 0 saturated heterocycles. The zero-order chi connectivity index (χ0) is 22.4. The van der Waals surface area contributed by atoms with E-state index in [4.69, 9.17) is 9.15 Å². The van der Waals surface area contributed by atoms with Crippen LogP contribution in [0, 0.1) is 11.6 Å². The van der Waals surface area contributed by atoms with Gasteiger partial charge in [-0.05, 0) is 31.5 Å². The molecular weight excluding hydrogens is 406 g/mol. The molecule has 0 aliphatic rings. The van der Waals surface area contributed by atoms with Gasteiger partial charge in [-0.2, -0.15) is 0 Å². The lowest BCUT2D eigenvalue weighted by atomic mass is 10.1. The maximum atomic E-state index is 13.8. The summed E-state index contributed by atoms with van der Waals surface area (Å²) in [6.45, 7) is 3.33. The first-order valence-corrected chi connectivity index (χ1v) is 9.78. The average molecular weight is 428 g/mol. The van der Waals surface area contributed by atoms with Crippen molar-refractivity contribution in [2.24, 2.45) is 0 Å². The molecule has 162 valence electrons. The molecule has 0 radical (unpaired) electrons. The Bertz CT molecular complexity index is 1050. The van der Waals surface area contributed by atoms with E-state index in [2.05, 4.69) is 10.3 Å². The molecule has 2 atom stereocenters. The molecule has 3 aromatic rings. The highest BCUT2D eigenvalue weighted by Gasteiger charge is 2.20. The van der Waals surface area contributed by atoms with Crippen LogP contribution in [0.15, 0.2) is 59.1 Å². The molecule has 0 aliphatic carbocycles. The summed E-state index contributed by atoms with van der Waals surface area (Å²) in [7, 11) is 0. The third kappa shape index (κ3) is 5.97. The van der Waals surface area contributed by atoms with Crippen molar-refractivity contribution < 1.29 is 27.5 Å². The first-order valence-electron chi connectivity index (χ1n) is 9.78. The van der Waals surface area contributed by atoms with Crippen molar-refractivity contribution >= 4 is 11.9 Å². The Kier molecular flexibility index (Phi) is 7.12. The van der Waals surface area contributed by atoms with Gasteiger partial charge in [0.15, 0.2) is 17.8 Å². The van der Waals surface area contributed by atoms with Crippen LogP contribution in [0.5, 0.6) is 0 Å². The van der Waals surface area contributed by atoms with Crippen LogP contribution in [-0.2, 0) is 20.7 Å². The molecule has 0 bridgehead atoms. The normalized spacial score (nSPS) is 12.8. The van der Waals surface area contributed by atoms with Crippen LogP contribution in [-0.4, -0.2) is 23.0 Å². The predicted molar refractivity (Wildman–Crippen MR) is 109 cm³/mol. The van der Waals surface area contributed by atoms with Crippen LogP contribution in [0.1, 0.15) is 37.8 Å². The van der Waals surface area contributed by atoms with Crippen LogP contribution in [0.25, 0.3) is 11.3 Å². The number of ether oxygens (including phenoxy) is 1. The van der Waals surface area contributed by atoms with Crippen LogP contribution in [0.2, 0.25) is 0 Å². The molecule has 3 rings (SSSR count). The molecule has 6 nitrogen and oxygen atoms in total. The number of rotatable bonds is 8. The molecule has 2 unspecified atom stereocenters. The fraction of sp³-hybridized carbons (Fsp3) is 0.261. The Morgan fingerprint density at radius 1 is 1.13 bits per heavy atom. The van der Waals surface area contributed by atoms with Gasteiger partial charge in [0.25, 0.3) is 5.91 Å². The second-order valence-electron chi connectivity index (χ2n) is 7.02. The number of esters is 1. The SMILES string of the molecule is CC(OC(=O)CCc1ncc(-c2ccc(F)cc2F)o1)C(=O)NC(C)c1ccccc1. The lowest BCUT2D eigenvalue weighted by Gasteiger charge is -2.18. The molecule has 0 fully saturated rings. The van der Waals surface area contributed by atoms with Crippen LogP contribution >= 0.6 is 0 Å². The first kappa shape index (κ1) is 22.1. The van der Waals surface area contributed by atoms with Gasteiger partial charge in [0.2, 0.25) is 0 Å². The molecule has 31 heavy (non-hydrogen) atoms. The van der Waals surface area contributed by atoms with Crippen LogP contribution in [0.3, 0.4) is 0 Å². The number of halogens is 2. The van der Waals surface area contributed by atoms with Gasteiger partial charge < -0.3 is 14.5 Å². The van der Waals surface area contributed by atoms with Gasteiger partial charge in [-0.1, -0.05) is 30.3 Å². The lowest BCUT2D eigenvalue weighted by molar-refractivity contribution is -0.155. The van der Waals surface area contributed by atoms with E-state index in [1.807, 2.05) is 37.3 Å². The number of oxazole rings is 1. The van der Waals surface area contributed by atoms with Gasteiger partial charge in [-0.15, -0.1) is 0 Å². The monoisotopic (exact) mass is 428 g/mol. The Balaban J connectivity index is 1.48. The summed E-state index contributed by atoms with van der Waals surface area (Å²) in [6.07, 6.45) is 0.374. The highest BCUT2D eigenvalue weighted by Crippen LogP contribution is 2.24. The number of hydrogen-bond donors (Lipinski definition) is 1. The minimum atomic E-state index is -0.966. The second-order valence-corrected chi connectivity index (χ2v) is 7.02. The summed E-state index contributed by atoms with van der Waals surface area (Å²) >= 11 is 0.